The number of halogens is 1. The quantitative estimate of drug-likeness (QED) is 0.685. The average Bonchev–Trinajstić information content (AvgIpc) is 2.82. The maximum Gasteiger partial charge on any atom is 0.175 e. The van der Waals surface area contributed by atoms with Gasteiger partial charge in [-0.15, -0.1) is 0 Å². The second-order valence-electron chi connectivity index (χ2n) is 4.81. The molecule has 0 bridgehead atoms. The van der Waals surface area contributed by atoms with Crippen molar-refractivity contribution in [1.82, 2.24) is 4.57 Å². The van der Waals surface area contributed by atoms with Gasteiger partial charge in [0.2, 0.25) is 0 Å². The van der Waals surface area contributed by atoms with Gasteiger partial charge in [-0.2, -0.15) is 0 Å². The lowest BCUT2D eigenvalue weighted by molar-refractivity contribution is 0.357. The first-order chi connectivity index (χ1) is 10.2. The third-order valence-corrected chi connectivity index (χ3v) is 4.17. The number of aryl methyl sites for hydroxylation is 1. The standard InChI is InChI=1S/C17H16BrNO2/c1-11-9-13-15(19(11)12-7-5-4-6-8-12)10-14(18)17(21-3)16(13)20-2/h4-10H,1-3H3. The van der Waals surface area contributed by atoms with Crippen molar-refractivity contribution in [3.05, 3.63) is 52.6 Å². The van der Waals surface area contributed by atoms with E-state index < -0.39 is 0 Å². The smallest absolute Gasteiger partial charge is 0.175 e. The number of ether oxygens (including phenoxy) is 2. The summed E-state index contributed by atoms with van der Waals surface area (Å²) in [6.07, 6.45) is 0. The number of benzene rings is 2. The Morgan fingerprint density at radius 2 is 1.62 bits per heavy atom. The summed E-state index contributed by atoms with van der Waals surface area (Å²) < 4.78 is 14.1. The minimum absolute atomic E-state index is 0.718. The zero-order valence-corrected chi connectivity index (χ0v) is 13.8. The van der Waals surface area contributed by atoms with E-state index in [1.165, 1.54) is 0 Å². The third kappa shape index (κ3) is 2.20. The monoisotopic (exact) mass is 345 g/mol. The molecule has 0 saturated heterocycles. The van der Waals surface area contributed by atoms with Crippen LogP contribution in [-0.4, -0.2) is 18.8 Å². The fourth-order valence-corrected chi connectivity index (χ4v) is 3.27. The zero-order valence-electron chi connectivity index (χ0n) is 12.2. The van der Waals surface area contributed by atoms with Gasteiger partial charge >= 0.3 is 0 Å². The second kappa shape index (κ2) is 5.45. The van der Waals surface area contributed by atoms with E-state index in [9.17, 15) is 0 Å². The Labute approximate surface area is 132 Å². The van der Waals surface area contributed by atoms with Gasteiger partial charge in [0.05, 0.1) is 24.2 Å². The molecular weight excluding hydrogens is 330 g/mol. The highest BCUT2D eigenvalue weighted by Gasteiger charge is 2.18. The number of aromatic nitrogens is 1. The van der Waals surface area contributed by atoms with E-state index in [-0.39, 0.29) is 0 Å². The molecule has 0 N–H and O–H groups in total. The maximum absolute atomic E-state index is 5.57. The SMILES string of the molecule is COc1c(Br)cc2c(cc(C)n2-c2ccccc2)c1OC. The van der Waals surface area contributed by atoms with Crippen LogP contribution >= 0.6 is 15.9 Å². The molecule has 0 radical (unpaired) electrons. The molecule has 0 fully saturated rings. The number of rotatable bonds is 3. The van der Waals surface area contributed by atoms with Crippen LogP contribution in [0, 0.1) is 6.92 Å². The summed E-state index contributed by atoms with van der Waals surface area (Å²) in [6, 6.07) is 14.5. The molecule has 0 unspecified atom stereocenters. The molecule has 1 heterocycles. The van der Waals surface area contributed by atoms with Crippen LogP contribution in [0.1, 0.15) is 5.69 Å². The number of methoxy groups -OCH3 is 2. The molecule has 0 saturated carbocycles. The fourth-order valence-electron chi connectivity index (χ4n) is 2.71. The Kier molecular flexibility index (Phi) is 3.64. The molecule has 0 aliphatic carbocycles. The van der Waals surface area contributed by atoms with Gasteiger partial charge in [-0.05, 0) is 47.1 Å². The first-order valence-electron chi connectivity index (χ1n) is 6.65. The lowest BCUT2D eigenvalue weighted by atomic mass is 10.2. The van der Waals surface area contributed by atoms with Crippen LogP contribution in [0.15, 0.2) is 46.9 Å². The number of para-hydroxylation sites is 1. The zero-order chi connectivity index (χ0) is 15.0. The van der Waals surface area contributed by atoms with Gasteiger partial charge in [0.1, 0.15) is 0 Å². The first-order valence-corrected chi connectivity index (χ1v) is 7.44. The van der Waals surface area contributed by atoms with E-state index >= 15 is 0 Å². The van der Waals surface area contributed by atoms with Crippen LogP contribution in [0.4, 0.5) is 0 Å². The van der Waals surface area contributed by atoms with E-state index in [1.54, 1.807) is 14.2 Å². The average molecular weight is 346 g/mol. The van der Waals surface area contributed by atoms with Crippen molar-refractivity contribution in [3.63, 3.8) is 0 Å². The van der Waals surface area contributed by atoms with Gasteiger partial charge in [-0.1, -0.05) is 18.2 Å². The lowest BCUT2D eigenvalue weighted by Gasteiger charge is -2.13. The fraction of sp³-hybridized carbons (Fsp3) is 0.176. The molecule has 0 spiro atoms. The van der Waals surface area contributed by atoms with Crippen LogP contribution in [0.5, 0.6) is 11.5 Å². The highest BCUT2D eigenvalue weighted by atomic mass is 79.9. The maximum atomic E-state index is 5.57. The van der Waals surface area contributed by atoms with Crippen molar-refractivity contribution in [2.24, 2.45) is 0 Å². The van der Waals surface area contributed by atoms with Crippen LogP contribution < -0.4 is 9.47 Å². The minimum atomic E-state index is 0.718. The molecule has 1 aromatic heterocycles. The van der Waals surface area contributed by atoms with Crippen LogP contribution in [-0.2, 0) is 0 Å². The number of fused-ring (bicyclic) bond motifs is 1. The Hall–Kier alpha value is -1.94. The number of nitrogens with zero attached hydrogens (tertiary/aromatic N) is 1. The van der Waals surface area contributed by atoms with Gasteiger partial charge in [0.15, 0.2) is 11.5 Å². The molecule has 0 aliphatic rings. The summed E-state index contributed by atoms with van der Waals surface area (Å²) in [5.74, 6) is 1.47. The Bertz CT molecular complexity index is 794. The largest absolute Gasteiger partial charge is 0.492 e. The first kappa shape index (κ1) is 14.0. The topological polar surface area (TPSA) is 23.4 Å². The molecule has 21 heavy (non-hydrogen) atoms. The van der Waals surface area contributed by atoms with Crippen LogP contribution in [0.2, 0.25) is 0 Å². The van der Waals surface area contributed by atoms with E-state index in [2.05, 4.69) is 51.7 Å². The molecule has 0 amide bonds. The van der Waals surface area contributed by atoms with Gasteiger partial charge < -0.3 is 14.0 Å². The summed E-state index contributed by atoms with van der Waals surface area (Å²) in [5.41, 5.74) is 3.36. The minimum Gasteiger partial charge on any atom is -0.492 e. The van der Waals surface area contributed by atoms with Crippen molar-refractivity contribution in [2.75, 3.05) is 14.2 Å². The van der Waals surface area contributed by atoms with Crippen LogP contribution in [0.3, 0.4) is 0 Å². The summed E-state index contributed by atoms with van der Waals surface area (Å²) >= 11 is 3.57. The lowest BCUT2D eigenvalue weighted by Crippen LogP contribution is -1.97. The van der Waals surface area contributed by atoms with Crippen molar-refractivity contribution in [3.8, 4) is 17.2 Å². The molecule has 3 rings (SSSR count). The highest BCUT2D eigenvalue weighted by molar-refractivity contribution is 9.10. The summed E-state index contributed by atoms with van der Waals surface area (Å²) in [5, 5.41) is 1.04. The van der Waals surface area contributed by atoms with E-state index in [0.717, 1.165) is 38.3 Å². The van der Waals surface area contributed by atoms with Crippen LogP contribution in [0.25, 0.3) is 16.6 Å². The molecule has 108 valence electrons. The van der Waals surface area contributed by atoms with E-state index in [0.29, 0.717) is 0 Å². The van der Waals surface area contributed by atoms with Gasteiger partial charge in [-0.25, -0.2) is 0 Å². The molecule has 0 atom stereocenters. The Morgan fingerprint density at radius 1 is 0.952 bits per heavy atom. The van der Waals surface area contributed by atoms with Gasteiger partial charge in [0.25, 0.3) is 0 Å². The number of hydrogen-bond acceptors (Lipinski definition) is 2. The molecular formula is C17H16BrNO2. The Morgan fingerprint density at radius 3 is 2.24 bits per heavy atom. The van der Waals surface area contributed by atoms with Crippen molar-refractivity contribution in [2.45, 2.75) is 6.92 Å². The normalized spacial score (nSPS) is 10.9. The molecule has 4 heteroatoms. The predicted molar refractivity (Wildman–Crippen MR) is 88.8 cm³/mol. The second-order valence-corrected chi connectivity index (χ2v) is 5.67. The van der Waals surface area contributed by atoms with Crippen molar-refractivity contribution < 1.29 is 9.47 Å². The van der Waals surface area contributed by atoms with E-state index in [4.69, 9.17) is 9.47 Å². The number of hydrogen-bond donors (Lipinski definition) is 0. The van der Waals surface area contributed by atoms with Crippen molar-refractivity contribution in [1.29, 1.82) is 0 Å². The molecule has 3 aromatic rings. The predicted octanol–water partition coefficient (Wildman–Crippen LogP) is 4.72. The summed E-state index contributed by atoms with van der Waals surface area (Å²) in [4.78, 5) is 0. The molecule has 3 nitrogen and oxygen atoms in total. The van der Waals surface area contributed by atoms with E-state index in [1.807, 2.05) is 18.2 Å². The summed E-state index contributed by atoms with van der Waals surface area (Å²) in [6.45, 7) is 2.09. The highest BCUT2D eigenvalue weighted by Crippen LogP contribution is 2.43. The van der Waals surface area contributed by atoms with Crippen molar-refractivity contribution >= 4 is 26.8 Å². The molecule has 0 aliphatic heterocycles. The third-order valence-electron chi connectivity index (χ3n) is 3.58. The Balaban J connectivity index is 2.39. The molecule has 2 aromatic carbocycles. The summed E-state index contributed by atoms with van der Waals surface area (Å²) in [7, 11) is 3.31. The van der Waals surface area contributed by atoms with Gasteiger partial charge in [-0.3, -0.25) is 0 Å². The van der Waals surface area contributed by atoms with Gasteiger partial charge in [0, 0.05) is 16.8 Å².